The van der Waals surface area contributed by atoms with Crippen LogP contribution in [-0.4, -0.2) is 58.1 Å². The third kappa shape index (κ3) is 3.55. The number of hydrogen-bond donors (Lipinski definition) is 1. The molecule has 22 heavy (non-hydrogen) atoms. The van der Waals surface area contributed by atoms with E-state index in [1.54, 1.807) is 27.6 Å². The highest BCUT2D eigenvalue weighted by atomic mass is 32.1. The van der Waals surface area contributed by atoms with Crippen molar-refractivity contribution in [3.8, 4) is 10.6 Å². The van der Waals surface area contributed by atoms with Crippen LogP contribution in [-0.2, 0) is 11.3 Å². The van der Waals surface area contributed by atoms with E-state index >= 15 is 0 Å². The summed E-state index contributed by atoms with van der Waals surface area (Å²) in [4.78, 5) is 21.6. The van der Waals surface area contributed by atoms with Gasteiger partial charge < -0.3 is 10.0 Å². The zero-order valence-electron chi connectivity index (χ0n) is 12.4. The van der Waals surface area contributed by atoms with Crippen LogP contribution in [0.25, 0.3) is 10.6 Å². The molecule has 1 unspecified atom stereocenters. The number of aliphatic hydroxyl groups excluding tert-OH is 1. The molecule has 0 saturated carbocycles. The number of amides is 1. The van der Waals surface area contributed by atoms with Gasteiger partial charge in [0.25, 0.3) is 5.91 Å². The number of thiophene rings is 1. The third-order valence-corrected chi connectivity index (χ3v) is 5.46. The summed E-state index contributed by atoms with van der Waals surface area (Å²) in [5, 5.41) is 14.6. The summed E-state index contributed by atoms with van der Waals surface area (Å²) in [5.41, 5.74) is 1.19. The Morgan fingerprint density at radius 1 is 1.41 bits per heavy atom. The van der Waals surface area contributed by atoms with Crippen molar-refractivity contribution in [2.45, 2.75) is 19.6 Å². The molecule has 1 aliphatic heterocycles. The Labute approximate surface area is 137 Å². The maximum atomic E-state index is 11.7. The van der Waals surface area contributed by atoms with E-state index in [4.69, 9.17) is 0 Å². The molecular formula is C15H19N3O2S2. The van der Waals surface area contributed by atoms with Crippen molar-refractivity contribution in [3.05, 3.63) is 27.9 Å². The topological polar surface area (TPSA) is 56.7 Å². The fourth-order valence-corrected chi connectivity index (χ4v) is 4.18. The lowest BCUT2D eigenvalue weighted by Gasteiger charge is -2.35. The van der Waals surface area contributed by atoms with Gasteiger partial charge in [-0.1, -0.05) is 0 Å². The second-order valence-electron chi connectivity index (χ2n) is 5.42. The van der Waals surface area contributed by atoms with Gasteiger partial charge in [-0.05, 0) is 18.4 Å². The summed E-state index contributed by atoms with van der Waals surface area (Å²) < 4.78 is 0. The molecule has 5 nitrogen and oxygen atoms in total. The predicted molar refractivity (Wildman–Crippen MR) is 89.0 cm³/mol. The van der Waals surface area contributed by atoms with Gasteiger partial charge in [0.1, 0.15) is 11.1 Å². The Morgan fingerprint density at radius 2 is 2.18 bits per heavy atom. The summed E-state index contributed by atoms with van der Waals surface area (Å²) in [6, 6.07) is 2.09. The molecule has 3 heterocycles. The second-order valence-corrected chi connectivity index (χ2v) is 7.32. The van der Waals surface area contributed by atoms with Crippen LogP contribution >= 0.6 is 22.7 Å². The highest BCUT2D eigenvalue weighted by molar-refractivity contribution is 7.15. The van der Waals surface area contributed by atoms with Gasteiger partial charge in [0.2, 0.25) is 0 Å². The van der Waals surface area contributed by atoms with Crippen molar-refractivity contribution in [1.29, 1.82) is 0 Å². The molecule has 1 N–H and O–H groups in total. The zero-order chi connectivity index (χ0) is 15.5. The van der Waals surface area contributed by atoms with Gasteiger partial charge in [0.15, 0.2) is 0 Å². The first-order valence-electron chi connectivity index (χ1n) is 7.30. The van der Waals surface area contributed by atoms with Crippen molar-refractivity contribution >= 4 is 28.6 Å². The molecule has 118 valence electrons. The molecule has 1 aliphatic rings. The number of piperazine rings is 1. The third-order valence-electron chi connectivity index (χ3n) is 3.74. The van der Waals surface area contributed by atoms with Crippen molar-refractivity contribution in [2.24, 2.45) is 0 Å². The first-order valence-corrected chi connectivity index (χ1v) is 9.06. The molecule has 1 fully saturated rings. The fourth-order valence-electron chi connectivity index (χ4n) is 2.51. The van der Waals surface area contributed by atoms with E-state index in [1.807, 2.05) is 6.20 Å². The molecule has 0 radical (unpaired) electrons. The number of thiazole rings is 1. The lowest BCUT2D eigenvalue weighted by Crippen LogP contribution is -2.50. The van der Waals surface area contributed by atoms with Crippen LogP contribution in [0.3, 0.4) is 0 Å². The summed E-state index contributed by atoms with van der Waals surface area (Å²) in [6.07, 6.45) is 1.05. The summed E-state index contributed by atoms with van der Waals surface area (Å²) in [5.74, 6) is -0.169. The van der Waals surface area contributed by atoms with E-state index in [0.29, 0.717) is 13.1 Å². The maximum absolute atomic E-state index is 11.7. The number of rotatable bonds is 4. The molecule has 1 saturated heterocycles. The van der Waals surface area contributed by atoms with Gasteiger partial charge in [-0.15, -0.1) is 11.3 Å². The summed E-state index contributed by atoms with van der Waals surface area (Å²) in [6.45, 7) is 5.44. The van der Waals surface area contributed by atoms with Crippen molar-refractivity contribution in [2.75, 3.05) is 26.2 Å². The molecule has 1 amide bonds. The Kier molecular flexibility index (Phi) is 4.87. The predicted octanol–water partition coefficient (Wildman–Crippen LogP) is 1.90. The van der Waals surface area contributed by atoms with Crippen LogP contribution in [0.15, 0.2) is 23.0 Å². The average Bonchev–Trinajstić information content (AvgIpc) is 3.18. The van der Waals surface area contributed by atoms with Gasteiger partial charge in [0, 0.05) is 54.7 Å². The minimum atomic E-state index is -0.902. The number of carbonyl (C=O) groups is 1. The molecule has 0 aromatic carbocycles. The van der Waals surface area contributed by atoms with Crippen LogP contribution in [0.4, 0.5) is 0 Å². The van der Waals surface area contributed by atoms with Crippen molar-refractivity contribution in [3.63, 3.8) is 0 Å². The minimum absolute atomic E-state index is 0.169. The summed E-state index contributed by atoms with van der Waals surface area (Å²) >= 11 is 3.41. The molecule has 0 bridgehead atoms. The van der Waals surface area contributed by atoms with Crippen LogP contribution < -0.4 is 0 Å². The smallest absolute Gasteiger partial charge is 0.251 e. The number of aromatic nitrogens is 1. The Morgan fingerprint density at radius 3 is 2.82 bits per heavy atom. The summed E-state index contributed by atoms with van der Waals surface area (Å²) in [7, 11) is 0. The van der Waals surface area contributed by atoms with Crippen LogP contribution in [0.1, 0.15) is 11.8 Å². The normalized spacial score (nSPS) is 17.6. The van der Waals surface area contributed by atoms with E-state index < -0.39 is 6.10 Å². The number of nitrogens with zero attached hydrogens (tertiary/aromatic N) is 3. The second kappa shape index (κ2) is 6.87. The molecule has 7 heteroatoms. The van der Waals surface area contributed by atoms with Crippen LogP contribution in [0, 0.1) is 0 Å². The van der Waals surface area contributed by atoms with Gasteiger partial charge in [-0.2, -0.15) is 11.3 Å². The number of aliphatic hydroxyl groups is 1. The van der Waals surface area contributed by atoms with E-state index in [-0.39, 0.29) is 5.91 Å². The molecule has 0 spiro atoms. The van der Waals surface area contributed by atoms with Gasteiger partial charge in [0.05, 0.1) is 0 Å². The molecule has 2 aromatic heterocycles. The highest BCUT2D eigenvalue weighted by Crippen LogP contribution is 2.27. The largest absolute Gasteiger partial charge is 0.384 e. The van der Waals surface area contributed by atoms with E-state index in [1.165, 1.54) is 17.4 Å². The van der Waals surface area contributed by atoms with E-state index in [2.05, 4.69) is 26.7 Å². The van der Waals surface area contributed by atoms with E-state index in [9.17, 15) is 9.90 Å². The lowest BCUT2D eigenvalue weighted by atomic mass is 10.2. The quantitative estimate of drug-likeness (QED) is 0.926. The van der Waals surface area contributed by atoms with Crippen LogP contribution in [0.5, 0.6) is 0 Å². The molecule has 1 atom stereocenters. The zero-order valence-corrected chi connectivity index (χ0v) is 14.1. The molecular weight excluding hydrogens is 318 g/mol. The molecule has 3 rings (SSSR count). The highest BCUT2D eigenvalue weighted by Gasteiger charge is 2.24. The maximum Gasteiger partial charge on any atom is 0.251 e. The number of carbonyl (C=O) groups excluding carboxylic acids is 1. The Balaban J connectivity index is 1.54. The SMILES string of the molecule is CC(O)C(=O)N1CCN(Cc2cnc(-c3ccsc3)s2)CC1. The van der Waals surface area contributed by atoms with Crippen LogP contribution in [0.2, 0.25) is 0 Å². The van der Waals surface area contributed by atoms with Gasteiger partial charge in [-0.25, -0.2) is 4.98 Å². The Hall–Kier alpha value is -1.28. The van der Waals surface area contributed by atoms with E-state index in [0.717, 1.165) is 24.6 Å². The Bertz CT molecular complexity index is 617. The van der Waals surface area contributed by atoms with Crippen molar-refractivity contribution in [1.82, 2.24) is 14.8 Å². The molecule has 0 aliphatic carbocycles. The molecule has 2 aromatic rings. The average molecular weight is 337 g/mol. The first-order chi connectivity index (χ1) is 10.6. The van der Waals surface area contributed by atoms with Gasteiger partial charge >= 0.3 is 0 Å². The first kappa shape index (κ1) is 15.6. The number of hydrogen-bond acceptors (Lipinski definition) is 6. The van der Waals surface area contributed by atoms with Gasteiger partial charge in [-0.3, -0.25) is 9.69 Å². The monoisotopic (exact) mass is 337 g/mol. The lowest BCUT2D eigenvalue weighted by molar-refractivity contribution is -0.141. The van der Waals surface area contributed by atoms with Crippen molar-refractivity contribution < 1.29 is 9.90 Å². The minimum Gasteiger partial charge on any atom is -0.384 e. The fraction of sp³-hybridized carbons (Fsp3) is 0.467. The standard InChI is InChI=1S/C15H19N3O2S2/c1-11(19)15(20)18-5-3-17(4-6-18)9-13-8-16-14(22-13)12-2-7-21-10-12/h2,7-8,10-11,19H,3-6,9H2,1H3.